The van der Waals surface area contributed by atoms with Crippen molar-refractivity contribution >= 4 is 34.5 Å². The maximum Gasteiger partial charge on any atom is 0.255 e. The van der Waals surface area contributed by atoms with Crippen LogP contribution in [0.5, 0.6) is 5.75 Å². The van der Waals surface area contributed by atoms with E-state index in [-0.39, 0.29) is 18.4 Å². The quantitative estimate of drug-likeness (QED) is 0.591. The maximum absolute atomic E-state index is 13.7. The molecule has 5 nitrogen and oxygen atoms in total. The molecule has 0 N–H and O–H groups in total. The van der Waals surface area contributed by atoms with Crippen LogP contribution in [0.4, 0.5) is 11.4 Å². The number of thiophene rings is 1. The highest BCUT2D eigenvalue weighted by Gasteiger charge is 2.42. The summed E-state index contributed by atoms with van der Waals surface area (Å²) in [4.78, 5) is 30.3. The summed E-state index contributed by atoms with van der Waals surface area (Å²) in [5.74, 6) is 0.521. The zero-order valence-corrected chi connectivity index (χ0v) is 18.1. The van der Waals surface area contributed by atoms with Crippen LogP contribution < -0.4 is 14.5 Å². The van der Waals surface area contributed by atoms with E-state index in [0.29, 0.717) is 12.3 Å². The summed E-state index contributed by atoms with van der Waals surface area (Å²) in [6.45, 7) is 6.51. The highest BCUT2D eigenvalue weighted by molar-refractivity contribution is 7.08. The molecule has 1 fully saturated rings. The first kappa shape index (κ1) is 20.2. The van der Waals surface area contributed by atoms with Crippen molar-refractivity contribution < 1.29 is 14.3 Å². The molecule has 0 radical (unpaired) electrons. The Hall–Kier alpha value is -3.12. The van der Waals surface area contributed by atoms with Crippen LogP contribution in [0.15, 0.2) is 59.3 Å². The predicted molar refractivity (Wildman–Crippen MR) is 120 cm³/mol. The van der Waals surface area contributed by atoms with E-state index in [9.17, 15) is 9.59 Å². The molecule has 6 heteroatoms. The smallest absolute Gasteiger partial charge is 0.255 e. The average Bonchev–Trinajstić information content (AvgIpc) is 3.27. The number of aryl methyl sites for hydroxylation is 1. The van der Waals surface area contributed by atoms with Gasteiger partial charge in [-0.05, 0) is 84.6 Å². The van der Waals surface area contributed by atoms with Crippen LogP contribution in [0, 0.1) is 13.8 Å². The number of benzene rings is 2. The molecule has 0 bridgehead atoms. The van der Waals surface area contributed by atoms with Gasteiger partial charge in [-0.3, -0.25) is 14.5 Å². The fourth-order valence-electron chi connectivity index (χ4n) is 3.81. The summed E-state index contributed by atoms with van der Waals surface area (Å²) in [7, 11) is 0. The summed E-state index contributed by atoms with van der Waals surface area (Å²) in [6.07, 6.45) is 0. The van der Waals surface area contributed by atoms with Crippen LogP contribution in [-0.4, -0.2) is 25.0 Å². The number of carbonyl (C=O) groups excluding carboxylic acids is 2. The van der Waals surface area contributed by atoms with Gasteiger partial charge in [0.25, 0.3) is 5.91 Å². The van der Waals surface area contributed by atoms with E-state index in [1.165, 1.54) is 11.3 Å². The maximum atomic E-state index is 13.7. The lowest BCUT2D eigenvalue weighted by atomic mass is 10.00. The lowest BCUT2D eigenvalue weighted by molar-refractivity contribution is -0.128. The molecule has 0 aliphatic carbocycles. The van der Waals surface area contributed by atoms with Crippen molar-refractivity contribution in [2.75, 3.05) is 23.0 Å². The van der Waals surface area contributed by atoms with Crippen LogP contribution in [0.3, 0.4) is 0 Å². The molecule has 2 heterocycles. The molecular weight excluding hydrogens is 396 g/mol. The Bertz CT molecular complexity index is 1060. The monoisotopic (exact) mass is 420 g/mol. The van der Waals surface area contributed by atoms with E-state index < -0.39 is 6.04 Å². The summed E-state index contributed by atoms with van der Waals surface area (Å²) < 4.78 is 5.52. The molecule has 2 aromatic carbocycles. The second-order valence-corrected chi connectivity index (χ2v) is 8.07. The minimum Gasteiger partial charge on any atom is -0.494 e. The van der Waals surface area contributed by atoms with E-state index in [4.69, 9.17) is 4.74 Å². The van der Waals surface area contributed by atoms with Crippen molar-refractivity contribution in [3.8, 4) is 5.75 Å². The molecule has 2 amide bonds. The Morgan fingerprint density at radius 2 is 1.83 bits per heavy atom. The van der Waals surface area contributed by atoms with Crippen molar-refractivity contribution in [2.45, 2.75) is 26.8 Å². The minimum absolute atomic E-state index is 0.0109. The molecule has 1 aliphatic rings. The molecule has 4 rings (SSSR count). The highest BCUT2D eigenvalue weighted by Crippen LogP contribution is 2.37. The standard InChI is InChI=1S/C24H24N2O3S/c1-4-29-20-10-8-19(9-11-20)26-22(27)14-25(21-7-5-6-16(2)17(21)3)24(28)23(26)18-12-13-30-15-18/h5-13,15,23H,4,14H2,1-3H3. The Kier molecular flexibility index (Phi) is 5.59. The number of anilines is 2. The van der Waals surface area contributed by atoms with E-state index in [1.807, 2.05) is 80.1 Å². The number of ether oxygens (including phenoxy) is 1. The largest absolute Gasteiger partial charge is 0.494 e. The summed E-state index contributed by atoms with van der Waals surface area (Å²) in [5, 5.41) is 3.87. The fraction of sp³-hybridized carbons (Fsp3) is 0.250. The molecule has 0 saturated carbocycles. The minimum atomic E-state index is -0.699. The van der Waals surface area contributed by atoms with Crippen LogP contribution in [-0.2, 0) is 9.59 Å². The molecule has 1 unspecified atom stereocenters. The van der Waals surface area contributed by atoms with E-state index in [0.717, 1.165) is 28.1 Å². The molecule has 1 atom stereocenters. The number of nitrogens with zero attached hydrogens (tertiary/aromatic N) is 2. The molecule has 1 saturated heterocycles. The molecule has 1 aromatic heterocycles. The normalized spacial score (nSPS) is 16.8. The Morgan fingerprint density at radius 3 is 2.50 bits per heavy atom. The third-order valence-electron chi connectivity index (χ3n) is 5.47. The van der Waals surface area contributed by atoms with Crippen LogP contribution in [0.25, 0.3) is 0 Å². The van der Waals surface area contributed by atoms with Gasteiger partial charge in [0, 0.05) is 11.4 Å². The van der Waals surface area contributed by atoms with Crippen LogP contribution in [0.1, 0.15) is 29.7 Å². The van der Waals surface area contributed by atoms with Crippen LogP contribution in [0.2, 0.25) is 0 Å². The number of amides is 2. The molecule has 154 valence electrons. The van der Waals surface area contributed by atoms with Crippen LogP contribution >= 0.6 is 11.3 Å². The van der Waals surface area contributed by atoms with E-state index in [2.05, 4.69) is 0 Å². The third-order valence-corrected chi connectivity index (χ3v) is 6.17. The SMILES string of the molecule is CCOc1ccc(N2C(=O)CN(c3cccc(C)c3C)C(=O)C2c2ccsc2)cc1. The Balaban J connectivity index is 1.76. The van der Waals surface area contributed by atoms with Crippen molar-refractivity contribution in [1.29, 1.82) is 0 Å². The van der Waals surface area contributed by atoms with Gasteiger partial charge in [0.15, 0.2) is 0 Å². The second-order valence-electron chi connectivity index (χ2n) is 7.29. The summed E-state index contributed by atoms with van der Waals surface area (Å²) in [5.41, 5.74) is 4.40. The van der Waals surface area contributed by atoms with Gasteiger partial charge in [0.1, 0.15) is 18.3 Å². The third kappa shape index (κ3) is 3.59. The van der Waals surface area contributed by atoms with E-state index in [1.54, 1.807) is 9.80 Å². The summed E-state index contributed by atoms with van der Waals surface area (Å²) in [6, 6.07) is 14.4. The van der Waals surface area contributed by atoms with Gasteiger partial charge in [-0.1, -0.05) is 12.1 Å². The van der Waals surface area contributed by atoms with Crippen molar-refractivity contribution in [3.63, 3.8) is 0 Å². The second kappa shape index (κ2) is 8.32. The molecule has 1 aliphatic heterocycles. The van der Waals surface area contributed by atoms with Gasteiger partial charge in [0.05, 0.1) is 6.61 Å². The Labute approximate surface area is 180 Å². The number of hydrogen-bond acceptors (Lipinski definition) is 4. The topological polar surface area (TPSA) is 49.9 Å². The highest BCUT2D eigenvalue weighted by atomic mass is 32.1. The van der Waals surface area contributed by atoms with Gasteiger partial charge in [0.2, 0.25) is 5.91 Å². The molecular formula is C24H24N2O3S. The van der Waals surface area contributed by atoms with Gasteiger partial charge < -0.3 is 9.64 Å². The van der Waals surface area contributed by atoms with Gasteiger partial charge in [-0.15, -0.1) is 0 Å². The Morgan fingerprint density at radius 1 is 1.07 bits per heavy atom. The number of hydrogen-bond donors (Lipinski definition) is 0. The molecule has 0 spiro atoms. The van der Waals surface area contributed by atoms with E-state index >= 15 is 0 Å². The number of carbonyl (C=O) groups is 2. The predicted octanol–water partition coefficient (Wildman–Crippen LogP) is 4.88. The first-order valence-corrected chi connectivity index (χ1v) is 10.9. The van der Waals surface area contributed by atoms with Gasteiger partial charge in [-0.25, -0.2) is 0 Å². The number of piperazine rings is 1. The van der Waals surface area contributed by atoms with Gasteiger partial charge in [-0.2, -0.15) is 11.3 Å². The van der Waals surface area contributed by atoms with Gasteiger partial charge >= 0.3 is 0 Å². The first-order chi connectivity index (χ1) is 14.5. The van der Waals surface area contributed by atoms with Crippen molar-refractivity contribution in [3.05, 3.63) is 76.0 Å². The number of rotatable bonds is 5. The molecule has 30 heavy (non-hydrogen) atoms. The fourth-order valence-corrected chi connectivity index (χ4v) is 4.49. The lowest BCUT2D eigenvalue weighted by Crippen LogP contribution is -2.56. The first-order valence-electron chi connectivity index (χ1n) is 9.96. The zero-order chi connectivity index (χ0) is 21.3. The van der Waals surface area contributed by atoms with Crippen molar-refractivity contribution in [2.24, 2.45) is 0 Å². The lowest BCUT2D eigenvalue weighted by Gasteiger charge is -2.40. The molecule has 3 aromatic rings. The summed E-state index contributed by atoms with van der Waals surface area (Å²) >= 11 is 1.52. The van der Waals surface area contributed by atoms with Crippen molar-refractivity contribution in [1.82, 2.24) is 0 Å². The zero-order valence-electron chi connectivity index (χ0n) is 17.3. The average molecular weight is 421 g/mol.